The van der Waals surface area contributed by atoms with Gasteiger partial charge in [0.05, 0.1) is 5.60 Å². The molecule has 1 amide bonds. The topological polar surface area (TPSA) is 64.3 Å². The van der Waals surface area contributed by atoms with E-state index in [1.54, 1.807) is 0 Å². The van der Waals surface area contributed by atoms with Crippen LogP contribution >= 0.6 is 0 Å². The molecule has 3 aliphatic rings. The molecule has 0 saturated heterocycles. The third-order valence-corrected chi connectivity index (χ3v) is 6.29. The first kappa shape index (κ1) is 17.4. The number of ether oxygens (including phenoxy) is 1. The minimum atomic E-state index is 0.0155. The number of methoxy groups -OCH3 is 1. The van der Waals surface area contributed by atoms with Crippen LogP contribution in [0.1, 0.15) is 67.3 Å². The van der Waals surface area contributed by atoms with Crippen LogP contribution in [0.4, 0.5) is 0 Å². The van der Waals surface area contributed by atoms with Crippen LogP contribution in [0.2, 0.25) is 0 Å². The summed E-state index contributed by atoms with van der Waals surface area (Å²) in [5.41, 5.74) is 8.06. The molecule has 3 fully saturated rings. The Kier molecular flexibility index (Phi) is 5.26. The summed E-state index contributed by atoms with van der Waals surface area (Å²) in [5.74, 6) is 0.0155. The number of nitrogens with one attached hydrogen (secondary N) is 1. The molecule has 2 bridgehead atoms. The van der Waals surface area contributed by atoms with E-state index in [4.69, 9.17) is 10.5 Å². The average molecular weight is 330 g/mol. The normalized spacial score (nSPS) is 28.8. The van der Waals surface area contributed by atoms with E-state index in [0.29, 0.717) is 18.5 Å². The number of nitrogens with two attached hydrogens (primary N) is 1. The minimum Gasteiger partial charge on any atom is -0.378 e. The molecule has 3 N–H and O–H groups in total. The predicted molar refractivity (Wildman–Crippen MR) is 96.2 cm³/mol. The number of unbranched alkanes of at least 4 members (excludes halogenated alkanes) is 1. The fourth-order valence-electron chi connectivity index (χ4n) is 4.44. The lowest BCUT2D eigenvalue weighted by Crippen LogP contribution is -2.49. The van der Waals surface area contributed by atoms with Gasteiger partial charge in [-0.15, -0.1) is 0 Å². The molecule has 0 atom stereocenters. The Morgan fingerprint density at radius 3 is 2.25 bits per heavy atom. The Bertz CT molecular complexity index is 543. The second-order valence-electron chi connectivity index (χ2n) is 7.50. The van der Waals surface area contributed by atoms with Crippen molar-refractivity contribution >= 4 is 5.91 Å². The Balaban J connectivity index is 1.62. The molecule has 132 valence electrons. The average Bonchev–Trinajstić information content (AvgIpc) is 2.66. The minimum absolute atomic E-state index is 0.0155. The van der Waals surface area contributed by atoms with E-state index in [-0.39, 0.29) is 11.5 Å². The fourth-order valence-corrected chi connectivity index (χ4v) is 4.44. The van der Waals surface area contributed by atoms with E-state index in [9.17, 15) is 4.79 Å². The lowest BCUT2D eigenvalue weighted by Gasteiger charge is -2.53. The van der Waals surface area contributed by atoms with Crippen LogP contribution in [0.3, 0.4) is 0 Å². The zero-order valence-corrected chi connectivity index (χ0v) is 14.8. The van der Waals surface area contributed by atoms with Crippen LogP contribution in [0, 0.1) is 0 Å². The Labute approximate surface area is 145 Å². The van der Waals surface area contributed by atoms with Crippen molar-refractivity contribution < 1.29 is 9.53 Å². The molecule has 0 spiro atoms. The van der Waals surface area contributed by atoms with E-state index in [0.717, 1.165) is 37.7 Å². The van der Waals surface area contributed by atoms with E-state index in [2.05, 4.69) is 17.4 Å². The van der Waals surface area contributed by atoms with Crippen LogP contribution in [-0.4, -0.2) is 31.7 Å². The van der Waals surface area contributed by atoms with Crippen molar-refractivity contribution in [2.75, 3.05) is 20.2 Å². The molecule has 4 nitrogen and oxygen atoms in total. The third kappa shape index (κ3) is 3.35. The van der Waals surface area contributed by atoms with Crippen molar-refractivity contribution in [1.82, 2.24) is 5.32 Å². The number of carbonyl (C=O) groups excluding carboxylic acids is 1. The first-order valence-electron chi connectivity index (χ1n) is 9.27. The lowest BCUT2D eigenvalue weighted by atomic mass is 9.56. The van der Waals surface area contributed by atoms with Gasteiger partial charge in [-0.3, -0.25) is 4.79 Å². The Morgan fingerprint density at radius 1 is 1.08 bits per heavy atom. The van der Waals surface area contributed by atoms with Gasteiger partial charge in [0.2, 0.25) is 0 Å². The van der Waals surface area contributed by atoms with Crippen LogP contribution < -0.4 is 11.1 Å². The van der Waals surface area contributed by atoms with Crippen LogP contribution in [0.5, 0.6) is 0 Å². The van der Waals surface area contributed by atoms with Crippen LogP contribution in [0.15, 0.2) is 24.3 Å². The molecular weight excluding hydrogens is 300 g/mol. The SMILES string of the molecule is COC12CCC(c3ccc(C(=O)NCCCCN)cc3)(CC1)CC2. The molecule has 0 aliphatic heterocycles. The number of amides is 1. The summed E-state index contributed by atoms with van der Waals surface area (Å²) >= 11 is 0. The molecule has 1 aromatic carbocycles. The standard InChI is InChI=1S/C20H30N2O2/c1-24-20-11-8-19(9-12-20,10-13-20)17-6-4-16(5-7-17)18(23)22-15-3-2-14-21/h4-7H,2-3,8-15,21H2,1H3,(H,22,23). The quantitative estimate of drug-likeness (QED) is 0.755. The van der Waals surface area contributed by atoms with Crippen molar-refractivity contribution in [1.29, 1.82) is 0 Å². The molecule has 24 heavy (non-hydrogen) atoms. The van der Waals surface area contributed by atoms with Gasteiger partial charge in [-0.05, 0) is 81.0 Å². The van der Waals surface area contributed by atoms with Gasteiger partial charge >= 0.3 is 0 Å². The molecule has 4 rings (SSSR count). The molecule has 0 unspecified atom stereocenters. The van der Waals surface area contributed by atoms with E-state index < -0.39 is 0 Å². The fraction of sp³-hybridized carbons (Fsp3) is 0.650. The summed E-state index contributed by atoms with van der Waals surface area (Å²) in [6.07, 6.45) is 8.96. The van der Waals surface area contributed by atoms with Crippen molar-refractivity contribution in [2.24, 2.45) is 5.73 Å². The number of carbonyl (C=O) groups is 1. The number of hydrogen-bond acceptors (Lipinski definition) is 3. The number of fused-ring (bicyclic) bond motifs is 3. The van der Waals surface area contributed by atoms with Crippen LogP contribution in [-0.2, 0) is 10.2 Å². The Morgan fingerprint density at radius 2 is 1.71 bits per heavy atom. The summed E-state index contributed by atoms with van der Waals surface area (Å²) < 4.78 is 5.79. The van der Waals surface area contributed by atoms with Crippen LogP contribution in [0.25, 0.3) is 0 Å². The largest absolute Gasteiger partial charge is 0.378 e. The third-order valence-electron chi connectivity index (χ3n) is 6.29. The maximum atomic E-state index is 12.2. The zero-order chi connectivity index (χ0) is 17.0. The first-order valence-corrected chi connectivity index (χ1v) is 9.27. The van der Waals surface area contributed by atoms with Gasteiger partial charge in [0, 0.05) is 19.2 Å². The molecule has 3 aliphatic carbocycles. The monoisotopic (exact) mass is 330 g/mol. The highest BCUT2D eigenvalue weighted by Crippen LogP contribution is 2.54. The highest BCUT2D eigenvalue weighted by molar-refractivity contribution is 5.94. The van der Waals surface area contributed by atoms with Crippen molar-refractivity contribution in [3.8, 4) is 0 Å². The smallest absolute Gasteiger partial charge is 0.251 e. The molecule has 3 saturated carbocycles. The first-order chi connectivity index (χ1) is 11.6. The van der Waals surface area contributed by atoms with Gasteiger partial charge in [0.1, 0.15) is 0 Å². The molecule has 4 heteroatoms. The zero-order valence-electron chi connectivity index (χ0n) is 14.8. The molecule has 0 radical (unpaired) electrons. The van der Waals surface area contributed by atoms with Gasteiger partial charge in [0.25, 0.3) is 5.91 Å². The summed E-state index contributed by atoms with van der Waals surface area (Å²) in [6.45, 7) is 1.37. The number of rotatable bonds is 7. The van der Waals surface area contributed by atoms with E-state index in [1.165, 1.54) is 24.8 Å². The summed E-state index contributed by atoms with van der Waals surface area (Å²) in [5, 5.41) is 2.97. The maximum Gasteiger partial charge on any atom is 0.251 e. The number of hydrogen-bond donors (Lipinski definition) is 2. The predicted octanol–water partition coefficient (Wildman–Crippen LogP) is 3.15. The number of benzene rings is 1. The summed E-state index contributed by atoms with van der Waals surface area (Å²) in [4.78, 5) is 12.2. The Hall–Kier alpha value is -1.39. The molecule has 0 aromatic heterocycles. The highest BCUT2D eigenvalue weighted by atomic mass is 16.5. The van der Waals surface area contributed by atoms with Gasteiger partial charge in [-0.25, -0.2) is 0 Å². The van der Waals surface area contributed by atoms with E-state index in [1.807, 2.05) is 19.2 Å². The van der Waals surface area contributed by atoms with Crippen molar-refractivity contribution in [3.63, 3.8) is 0 Å². The molecule has 1 aromatic rings. The van der Waals surface area contributed by atoms with Crippen molar-refractivity contribution in [2.45, 2.75) is 62.4 Å². The second kappa shape index (κ2) is 7.24. The molecule has 0 heterocycles. The van der Waals surface area contributed by atoms with E-state index >= 15 is 0 Å². The van der Waals surface area contributed by atoms with Crippen molar-refractivity contribution in [3.05, 3.63) is 35.4 Å². The molecular formula is C20H30N2O2. The summed E-state index contributed by atoms with van der Waals surface area (Å²) in [6, 6.07) is 8.30. The van der Waals surface area contributed by atoms with Gasteiger partial charge in [0.15, 0.2) is 0 Å². The second-order valence-corrected chi connectivity index (χ2v) is 7.50. The highest BCUT2D eigenvalue weighted by Gasteiger charge is 2.49. The lowest BCUT2D eigenvalue weighted by molar-refractivity contribution is -0.0955. The van der Waals surface area contributed by atoms with Gasteiger partial charge < -0.3 is 15.8 Å². The van der Waals surface area contributed by atoms with Gasteiger partial charge in [-0.2, -0.15) is 0 Å². The summed E-state index contributed by atoms with van der Waals surface area (Å²) in [7, 11) is 1.86. The van der Waals surface area contributed by atoms with Gasteiger partial charge in [-0.1, -0.05) is 12.1 Å². The maximum absolute atomic E-state index is 12.2.